The molecule has 0 aromatic rings. The maximum Gasteiger partial charge on any atom is 0.204 e. The highest BCUT2D eigenvalue weighted by molar-refractivity contribution is 5.81. The Balaban J connectivity index is -0.000000362. The molecule has 172 valence electrons. The molecule has 0 aromatic carbocycles. The van der Waals surface area contributed by atoms with E-state index in [0.29, 0.717) is 26.4 Å². The van der Waals surface area contributed by atoms with Gasteiger partial charge in [0.1, 0.15) is 6.61 Å². The van der Waals surface area contributed by atoms with Gasteiger partial charge in [-0.3, -0.25) is 9.59 Å². The minimum absolute atomic E-state index is 0.0350. The maximum atomic E-state index is 11.3. The van der Waals surface area contributed by atoms with Crippen LogP contribution in [0.15, 0.2) is 0 Å². The number of hydrogen-bond acceptors (Lipinski definition) is 6. The lowest BCUT2D eigenvalue weighted by atomic mass is 10.1. The van der Waals surface area contributed by atoms with Crippen LogP contribution in [0.2, 0.25) is 0 Å². The average molecular weight is 410 g/mol. The zero-order valence-corrected chi connectivity index (χ0v) is 19.5. The third-order valence-corrected chi connectivity index (χ3v) is 2.91. The number of ether oxygens (including phenoxy) is 4. The molecule has 0 bridgehead atoms. The molecular weight excluding hydrogens is 362 g/mol. The second kappa shape index (κ2) is 36.8. The van der Waals surface area contributed by atoms with Crippen LogP contribution in [0.3, 0.4) is 0 Å². The first kappa shape index (κ1) is 34.5. The van der Waals surface area contributed by atoms with Gasteiger partial charge in [0.25, 0.3) is 0 Å². The predicted octanol–water partition coefficient (Wildman–Crippen LogP) is 3.62. The van der Waals surface area contributed by atoms with Crippen molar-refractivity contribution in [2.75, 3.05) is 52.9 Å². The van der Waals surface area contributed by atoms with E-state index in [1.807, 2.05) is 48.5 Å². The lowest BCUT2D eigenvalue weighted by Crippen LogP contribution is -2.17. The van der Waals surface area contributed by atoms with Crippen LogP contribution in [-0.2, 0) is 28.5 Å². The number of unbranched alkanes of at least 4 members (excludes halogenated alkanes) is 2. The van der Waals surface area contributed by atoms with Gasteiger partial charge in [0, 0.05) is 25.7 Å². The first-order valence-corrected chi connectivity index (χ1v) is 10.6. The topological polar surface area (TPSA) is 97.1 Å². The summed E-state index contributed by atoms with van der Waals surface area (Å²) in [6, 6.07) is 0. The zero-order chi connectivity index (χ0) is 22.5. The molecule has 0 unspecified atom stereocenters. The number of Topliss-reactive ketones (excluding diaryl/α,β-unsaturated/α-hetero) is 1. The highest BCUT2D eigenvalue weighted by Gasteiger charge is 2.06. The molecule has 1 amide bonds. The molecule has 0 radical (unpaired) electrons. The molecule has 0 aliphatic carbocycles. The van der Waals surface area contributed by atoms with E-state index >= 15 is 0 Å². The lowest BCUT2D eigenvalue weighted by molar-refractivity contribution is -0.127. The van der Waals surface area contributed by atoms with E-state index in [9.17, 15) is 4.79 Å². The van der Waals surface area contributed by atoms with Gasteiger partial charge in [0.2, 0.25) is 6.41 Å². The molecule has 0 aliphatic rings. The third-order valence-electron chi connectivity index (χ3n) is 2.91. The number of ketones is 1. The Morgan fingerprint density at radius 1 is 0.786 bits per heavy atom. The molecular formula is C21H47NO6. The number of carbonyl (C=O) groups is 2. The molecule has 0 saturated carbocycles. The molecule has 0 fully saturated rings. The van der Waals surface area contributed by atoms with Crippen molar-refractivity contribution in [2.24, 2.45) is 11.7 Å². The molecule has 0 saturated heterocycles. The van der Waals surface area contributed by atoms with E-state index in [1.54, 1.807) is 0 Å². The summed E-state index contributed by atoms with van der Waals surface area (Å²) in [5.74, 6) is 0.163. The Morgan fingerprint density at radius 2 is 1.18 bits per heavy atom. The fraction of sp³-hybridized carbons (Fsp3) is 0.905. The van der Waals surface area contributed by atoms with Crippen LogP contribution in [0.5, 0.6) is 0 Å². The van der Waals surface area contributed by atoms with E-state index < -0.39 is 0 Å². The van der Waals surface area contributed by atoms with Crippen molar-refractivity contribution in [1.29, 1.82) is 0 Å². The minimum atomic E-state index is 0.0350. The van der Waals surface area contributed by atoms with Gasteiger partial charge in [-0.25, -0.2) is 0 Å². The smallest absolute Gasteiger partial charge is 0.204 e. The number of hydrogen-bond donors (Lipinski definition) is 1. The summed E-state index contributed by atoms with van der Waals surface area (Å²) in [6.07, 6.45) is 3.55. The molecule has 7 heteroatoms. The molecule has 0 rings (SSSR count). The summed E-state index contributed by atoms with van der Waals surface area (Å²) in [6.45, 7) is 18.5. The van der Waals surface area contributed by atoms with E-state index in [4.69, 9.17) is 23.7 Å². The van der Waals surface area contributed by atoms with Crippen LogP contribution in [0.4, 0.5) is 0 Å². The number of rotatable bonds is 16. The van der Waals surface area contributed by atoms with Crippen molar-refractivity contribution in [1.82, 2.24) is 0 Å². The van der Waals surface area contributed by atoms with Crippen molar-refractivity contribution in [3.63, 3.8) is 0 Å². The highest BCUT2D eigenvalue weighted by atomic mass is 16.5. The van der Waals surface area contributed by atoms with E-state index in [1.165, 1.54) is 0 Å². The van der Waals surface area contributed by atoms with Crippen LogP contribution < -0.4 is 5.73 Å². The van der Waals surface area contributed by atoms with Crippen LogP contribution in [0, 0.1) is 5.92 Å². The Hall–Kier alpha value is -1.02. The molecule has 0 spiro atoms. The number of carbonyl (C=O) groups excluding carboxylic acids is 2. The fourth-order valence-corrected chi connectivity index (χ4v) is 1.51. The summed E-state index contributed by atoms with van der Waals surface area (Å²) in [7, 11) is 0. The van der Waals surface area contributed by atoms with Crippen LogP contribution in [-0.4, -0.2) is 65.0 Å². The van der Waals surface area contributed by atoms with Crippen molar-refractivity contribution in [2.45, 2.75) is 67.7 Å². The van der Waals surface area contributed by atoms with Crippen molar-refractivity contribution in [3.8, 4) is 0 Å². The normalized spacial score (nSPS) is 9.29. The molecule has 0 aromatic heterocycles. The lowest BCUT2D eigenvalue weighted by Gasteiger charge is -2.07. The number of amides is 1. The Labute approximate surface area is 173 Å². The summed E-state index contributed by atoms with van der Waals surface area (Å²) < 4.78 is 21.3. The van der Waals surface area contributed by atoms with E-state index in [0.717, 1.165) is 39.1 Å². The third kappa shape index (κ3) is 39.9. The van der Waals surface area contributed by atoms with Crippen molar-refractivity contribution >= 4 is 12.2 Å². The van der Waals surface area contributed by atoms with Gasteiger partial charge in [-0.15, -0.1) is 0 Å². The van der Waals surface area contributed by atoms with Gasteiger partial charge in [-0.2, -0.15) is 0 Å². The van der Waals surface area contributed by atoms with Gasteiger partial charge in [0.15, 0.2) is 5.78 Å². The Morgan fingerprint density at radius 3 is 1.61 bits per heavy atom. The fourth-order valence-electron chi connectivity index (χ4n) is 1.51. The standard InChI is InChI=1S/C16H32O5.2C2H6.CH3NO/c1-4-18-8-6-5-7-9-19-10-11-20-12-13-21-14-16(17)15(2)3;2*1-2;2-1-3/h15H,4-14H2,1-3H3;2*1-2H3;1H,(H2,2,3). The van der Waals surface area contributed by atoms with Crippen LogP contribution >= 0.6 is 0 Å². The zero-order valence-electron chi connectivity index (χ0n) is 19.5. The van der Waals surface area contributed by atoms with Gasteiger partial charge in [-0.05, 0) is 26.2 Å². The second-order valence-electron chi connectivity index (χ2n) is 5.29. The summed E-state index contributed by atoms with van der Waals surface area (Å²) in [4.78, 5) is 19.9. The summed E-state index contributed by atoms with van der Waals surface area (Å²) in [5, 5.41) is 0. The van der Waals surface area contributed by atoms with E-state index in [-0.39, 0.29) is 24.7 Å². The summed E-state index contributed by atoms with van der Waals surface area (Å²) >= 11 is 0. The molecule has 0 atom stereocenters. The van der Waals surface area contributed by atoms with Gasteiger partial charge in [0.05, 0.1) is 26.4 Å². The molecule has 2 N–H and O–H groups in total. The minimum Gasteiger partial charge on any atom is -0.382 e. The summed E-state index contributed by atoms with van der Waals surface area (Å²) in [5.41, 5.74) is 4.17. The average Bonchev–Trinajstić information content (AvgIpc) is 2.71. The Kier molecular flexibility index (Phi) is 45.4. The predicted molar refractivity (Wildman–Crippen MR) is 116 cm³/mol. The van der Waals surface area contributed by atoms with Crippen molar-refractivity contribution in [3.05, 3.63) is 0 Å². The monoisotopic (exact) mass is 409 g/mol. The Bertz CT molecular complexity index is 276. The highest BCUT2D eigenvalue weighted by Crippen LogP contribution is 1.97. The van der Waals surface area contributed by atoms with Crippen LogP contribution in [0.1, 0.15) is 67.7 Å². The molecule has 0 aliphatic heterocycles. The molecule has 7 nitrogen and oxygen atoms in total. The molecule has 28 heavy (non-hydrogen) atoms. The maximum absolute atomic E-state index is 11.3. The number of primary amides is 1. The van der Waals surface area contributed by atoms with E-state index in [2.05, 4.69) is 5.73 Å². The van der Waals surface area contributed by atoms with Gasteiger partial charge in [-0.1, -0.05) is 41.5 Å². The SMILES string of the molecule is CC.CC.CCOCCCCCOCCOCCOCC(=O)C(C)C.NC=O. The first-order valence-electron chi connectivity index (χ1n) is 10.6. The first-order chi connectivity index (χ1) is 13.6. The van der Waals surface area contributed by atoms with Crippen LogP contribution in [0.25, 0.3) is 0 Å². The molecule has 0 heterocycles. The number of nitrogens with two attached hydrogens (primary N) is 1. The van der Waals surface area contributed by atoms with Gasteiger partial charge >= 0.3 is 0 Å². The van der Waals surface area contributed by atoms with Crippen molar-refractivity contribution < 1.29 is 28.5 Å². The van der Waals surface area contributed by atoms with Gasteiger partial charge < -0.3 is 24.7 Å². The quantitative estimate of drug-likeness (QED) is 0.309. The largest absolute Gasteiger partial charge is 0.382 e. The second-order valence-corrected chi connectivity index (χ2v) is 5.29.